The lowest BCUT2D eigenvalue weighted by atomic mass is 9.97. The normalized spacial score (nSPS) is 16.2. The van der Waals surface area contributed by atoms with Gasteiger partial charge in [0.15, 0.2) is 0 Å². The number of nitrogens with zero attached hydrogens (tertiary/aromatic N) is 1. The van der Waals surface area contributed by atoms with E-state index in [4.69, 9.17) is 10.00 Å². The number of rotatable bonds is 2. The standard InChI is InChI=1S/C11H11NO/c12-6-10-3-1-9(2-4-10)5-11-7-13-8-11/h1-4,11H,5,7-8H2. The summed E-state index contributed by atoms with van der Waals surface area (Å²) < 4.78 is 5.10. The summed E-state index contributed by atoms with van der Waals surface area (Å²) >= 11 is 0. The highest BCUT2D eigenvalue weighted by Crippen LogP contribution is 2.16. The molecule has 1 saturated heterocycles. The van der Waals surface area contributed by atoms with Crippen LogP contribution in [0.5, 0.6) is 0 Å². The topological polar surface area (TPSA) is 33.0 Å². The van der Waals surface area contributed by atoms with Crippen molar-refractivity contribution < 1.29 is 4.74 Å². The minimum atomic E-state index is 0.688. The van der Waals surface area contributed by atoms with E-state index in [0.717, 1.165) is 25.2 Å². The van der Waals surface area contributed by atoms with E-state index in [2.05, 4.69) is 6.07 Å². The monoisotopic (exact) mass is 173 g/mol. The van der Waals surface area contributed by atoms with Crippen molar-refractivity contribution in [2.24, 2.45) is 5.92 Å². The Kier molecular flexibility index (Phi) is 2.29. The number of hydrogen-bond donors (Lipinski definition) is 0. The zero-order valence-corrected chi connectivity index (χ0v) is 7.36. The van der Waals surface area contributed by atoms with E-state index in [1.54, 1.807) is 0 Å². The highest BCUT2D eigenvalue weighted by atomic mass is 16.5. The third-order valence-electron chi connectivity index (χ3n) is 2.31. The van der Waals surface area contributed by atoms with E-state index >= 15 is 0 Å². The van der Waals surface area contributed by atoms with E-state index in [1.807, 2.05) is 24.3 Å². The first-order valence-corrected chi connectivity index (χ1v) is 4.45. The molecule has 0 atom stereocenters. The molecule has 0 unspecified atom stereocenters. The Morgan fingerprint density at radius 1 is 1.31 bits per heavy atom. The van der Waals surface area contributed by atoms with Crippen molar-refractivity contribution in [1.82, 2.24) is 0 Å². The fourth-order valence-corrected chi connectivity index (χ4v) is 1.45. The van der Waals surface area contributed by atoms with Crippen molar-refractivity contribution in [2.75, 3.05) is 13.2 Å². The first kappa shape index (κ1) is 8.28. The van der Waals surface area contributed by atoms with Crippen molar-refractivity contribution in [3.8, 4) is 6.07 Å². The van der Waals surface area contributed by atoms with Crippen molar-refractivity contribution in [2.45, 2.75) is 6.42 Å². The van der Waals surface area contributed by atoms with Gasteiger partial charge >= 0.3 is 0 Å². The minimum absolute atomic E-state index is 0.688. The highest BCUT2D eigenvalue weighted by Gasteiger charge is 2.18. The Bertz CT molecular complexity index is 319. The van der Waals surface area contributed by atoms with Gasteiger partial charge in [-0.15, -0.1) is 0 Å². The summed E-state index contributed by atoms with van der Waals surface area (Å²) in [6.07, 6.45) is 1.08. The average Bonchev–Trinajstić information content (AvgIpc) is 2.12. The zero-order chi connectivity index (χ0) is 9.10. The van der Waals surface area contributed by atoms with E-state index in [9.17, 15) is 0 Å². The molecule has 0 bridgehead atoms. The van der Waals surface area contributed by atoms with Crippen molar-refractivity contribution in [1.29, 1.82) is 5.26 Å². The Balaban J connectivity index is 2.01. The van der Waals surface area contributed by atoms with E-state index in [-0.39, 0.29) is 0 Å². The van der Waals surface area contributed by atoms with Gasteiger partial charge in [0, 0.05) is 5.92 Å². The van der Waals surface area contributed by atoms with Crippen LogP contribution in [0.2, 0.25) is 0 Å². The molecule has 2 rings (SSSR count). The third kappa shape index (κ3) is 1.88. The summed E-state index contributed by atoms with van der Waals surface area (Å²) in [5, 5.41) is 8.60. The van der Waals surface area contributed by atoms with Crippen LogP contribution in [0.15, 0.2) is 24.3 Å². The van der Waals surface area contributed by atoms with Crippen LogP contribution in [0.25, 0.3) is 0 Å². The molecule has 0 aliphatic carbocycles. The van der Waals surface area contributed by atoms with E-state index in [0.29, 0.717) is 5.92 Å². The van der Waals surface area contributed by atoms with Crippen molar-refractivity contribution >= 4 is 0 Å². The molecule has 1 aliphatic rings. The van der Waals surface area contributed by atoms with Gasteiger partial charge in [-0.05, 0) is 24.1 Å². The third-order valence-corrected chi connectivity index (χ3v) is 2.31. The Morgan fingerprint density at radius 3 is 2.46 bits per heavy atom. The van der Waals surface area contributed by atoms with Crippen molar-refractivity contribution in [3.05, 3.63) is 35.4 Å². The van der Waals surface area contributed by atoms with Gasteiger partial charge in [0.2, 0.25) is 0 Å². The fraction of sp³-hybridized carbons (Fsp3) is 0.364. The molecule has 1 heterocycles. The molecular formula is C11H11NO. The van der Waals surface area contributed by atoms with Crippen LogP contribution in [0.4, 0.5) is 0 Å². The molecule has 66 valence electrons. The second kappa shape index (κ2) is 3.59. The van der Waals surface area contributed by atoms with Gasteiger partial charge in [-0.2, -0.15) is 5.26 Å². The lowest BCUT2D eigenvalue weighted by Gasteiger charge is -2.25. The summed E-state index contributed by atoms with van der Waals surface area (Å²) in [6.45, 7) is 1.78. The van der Waals surface area contributed by atoms with Crippen LogP contribution in [0, 0.1) is 17.2 Å². The van der Waals surface area contributed by atoms with Gasteiger partial charge in [-0.25, -0.2) is 0 Å². The first-order chi connectivity index (χ1) is 6.38. The van der Waals surface area contributed by atoms with Gasteiger partial charge in [-0.3, -0.25) is 0 Å². The van der Waals surface area contributed by atoms with Gasteiger partial charge in [0.05, 0.1) is 24.8 Å². The maximum atomic E-state index is 8.60. The largest absolute Gasteiger partial charge is 0.381 e. The molecule has 1 aliphatic heterocycles. The van der Waals surface area contributed by atoms with Crippen LogP contribution in [0.1, 0.15) is 11.1 Å². The van der Waals surface area contributed by atoms with Crippen LogP contribution >= 0.6 is 0 Å². The van der Waals surface area contributed by atoms with Crippen LogP contribution < -0.4 is 0 Å². The molecule has 0 amide bonds. The molecule has 13 heavy (non-hydrogen) atoms. The molecular weight excluding hydrogens is 162 g/mol. The molecule has 0 N–H and O–H groups in total. The lowest BCUT2D eigenvalue weighted by Crippen LogP contribution is -2.29. The maximum Gasteiger partial charge on any atom is 0.0991 e. The highest BCUT2D eigenvalue weighted by molar-refractivity contribution is 5.31. The van der Waals surface area contributed by atoms with Crippen LogP contribution in [-0.2, 0) is 11.2 Å². The second-order valence-corrected chi connectivity index (χ2v) is 3.42. The SMILES string of the molecule is N#Cc1ccc(CC2COC2)cc1. The molecule has 0 radical (unpaired) electrons. The molecule has 0 aromatic heterocycles. The molecule has 1 aromatic rings. The molecule has 1 aromatic carbocycles. The van der Waals surface area contributed by atoms with Gasteiger partial charge in [0.25, 0.3) is 0 Å². The number of benzene rings is 1. The number of ether oxygens (including phenoxy) is 1. The molecule has 0 spiro atoms. The van der Waals surface area contributed by atoms with E-state index in [1.165, 1.54) is 5.56 Å². The Hall–Kier alpha value is -1.33. The second-order valence-electron chi connectivity index (χ2n) is 3.42. The Labute approximate surface area is 77.8 Å². The number of nitriles is 1. The molecule has 2 nitrogen and oxygen atoms in total. The predicted molar refractivity (Wildman–Crippen MR) is 49.2 cm³/mol. The molecule has 2 heteroatoms. The van der Waals surface area contributed by atoms with Crippen LogP contribution in [0.3, 0.4) is 0 Å². The quantitative estimate of drug-likeness (QED) is 0.682. The van der Waals surface area contributed by atoms with Gasteiger partial charge in [0.1, 0.15) is 0 Å². The van der Waals surface area contributed by atoms with Gasteiger partial charge in [-0.1, -0.05) is 12.1 Å². The maximum absolute atomic E-state index is 8.60. The molecule has 0 saturated carbocycles. The average molecular weight is 173 g/mol. The smallest absolute Gasteiger partial charge is 0.0991 e. The summed E-state index contributed by atoms with van der Waals surface area (Å²) in [4.78, 5) is 0. The van der Waals surface area contributed by atoms with Gasteiger partial charge < -0.3 is 4.74 Å². The summed E-state index contributed by atoms with van der Waals surface area (Å²) in [7, 11) is 0. The summed E-state index contributed by atoms with van der Waals surface area (Å²) in [5.41, 5.74) is 2.03. The number of hydrogen-bond acceptors (Lipinski definition) is 2. The van der Waals surface area contributed by atoms with E-state index < -0.39 is 0 Å². The summed E-state index contributed by atoms with van der Waals surface area (Å²) in [5.74, 6) is 0.688. The Morgan fingerprint density at radius 2 is 2.00 bits per heavy atom. The minimum Gasteiger partial charge on any atom is -0.381 e. The predicted octanol–water partition coefficient (Wildman–Crippen LogP) is 1.75. The van der Waals surface area contributed by atoms with Crippen molar-refractivity contribution in [3.63, 3.8) is 0 Å². The summed E-state index contributed by atoms with van der Waals surface area (Å²) in [6, 6.07) is 9.90. The fourth-order valence-electron chi connectivity index (χ4n) is 1.45. The molecule has 1 fully saturated rings. The lowest BCUT2D eigenvalue weighted by molar-refractivity contribution is -0.0312. The first-order valence-electron chi connectivity index (χ1n) is 4.45. The zero-order valence-electron chi connectivity index (χ0n) is 7.36. The van der Waals surface area contributed by atoms with Crippen LogP contribution in [-0.4, -0.2) is 13.2 Å².